The molecular formula is C11H11BrF2O2. The van der Waals surface area contributed by atoms with Crippen molar-refractivity contribution >= 4 is 21.7 Å². The number of ether oxygens (including phenoxy) is 1. The van der Waals surface area contributed by atoms with E-state index < -0.39 is 23.0 Å². The number of hydrogen-bond donors (Lipinski definition) is 0. The van der Waals surface area contributed by atoms with Crippen molar-refractivity contribution in [3.63, 3.8) is 0 Å². The van der Waals surface area contributed by atoms with Crippen LogP contribution in [0.25, 0.3) is 0 Å². The number of Topliss-reactive ketones (excluding diaryl/α,β-unsaturated/α-hetero) is 1. The summed E-state index contributed by atoms with van der Waals surface area (Å²) in [6.45, 7) is 0.392. The van der Waals surface area contributed by atoms with Gasteiger partial charge in [-0.1, -0.05) is 0 Å². The van der Waals surface area contributed by atoms with E-state index in [2.05, 4.69) is 15.9 Å². The van der Waals surface area contributed by atoms with Crippen molar-refractivity contribution < 1.29 is 18.3 Å². The molecule has 0 unspecified atom stereocenters. The third kappa shape index (κ3) is 3.09. The maximum Gasteiger partial charge on any atom is 0.168 e. The summed E-state index contributed by atoms with van der Waals surface area (Å²) in [7, 11) is 1.50. The topological polar surface area (TPSA) is 26.3 Å². The number of ketones is 1. The summed E-state index contributed by atoms with van der Waals surface area (Å²) in [5.41, 5.74) is -0.481. The molecule has 0 radical (unpaired) electrons. The maximum absolute atomic E-state index is 13.5. The molecule has 1 aromatic carbocycles. The molecule has 88 valence electrons. The Labute approximate surface area is 101 Å². The number of halogens is 3. The van der Waals surface area contributed by atoms with E-state index in [0.29, 0.717) is 13.0 Å². The molecule has 0 heterocycles. The van der Waals surface area contributed by atoms with Gasteiger partial charge in [0, 0.05) is 20.1 Å². The minimum Gasteiger partial charge on any atom is -0.385 e. The number of benzene rings is 1. The van der Waals surface area contributed by atoms with Crippen LogP contribution >= 0.6 is 15.9 Å². The van der Waals surface area contributed by atoms with E-state index in [-0.39, 0.29) is 10.9 Å². The van der Waals surface area contributed by atoms with Gasteiger partial charge in [-0.05, 0) is 34.5 Å². The average molecular weight is 293 g/mol. The van der Waals surface area contributed by atoms with Gasteiger partial charge in [-0.3, -0.25) is 4.79 Å². The second-order valence-corrected chi connectivity index (χ2v) is 4.09. The lowest BCUT2D eigenvalue weighted by atomic mass is 10.1. The number of methoxy groups -OCH3 is 1. The molecule has 0 amide bonds. The summed E-state index contributed by atoms with van der Waals surface area (Å²) < 4.78 is 31.6. The van der Waals surface area contributed by atoms with Gasteiger partial charge in [-0.25, -0.2) is 8.78 Å². The molecule has 0 aliphatic rings. The first-order valence-electron chi connectivity index (χ1n) is 4.73. The summed E-state index contributed by atoms with van der Waals surface area (Å²) in [6.07, 6.45) is 0.513. The third-order valence-corrected chi connectivity index (χ3v) is 2.69. The van der Waals surface area contributed by atoms with E-state index in [9.17, 15) is 13.6 Å². The normalized spacial score (nSPS) is 10.5. The molecule has 0 aromatic heterocycles. The van der Waals surface area contributed by atoms with Crippen molar-refractivity contribution in [1.82, 2.24) is 0 Å². The van der Waals surface area contributed by atoms with Gasteiger partial charge in [-0.2, -0.15) is 0 Å². The van der Waals surface area contributed by atoms with Crippen LogP contribution in [0.4, 0.5) is 8.78 Å². The first-order chi connectivity index (χ1) is 7.57. The molecule has 0 saturated heterocycles. The van der Waals surface area contributed by atoms with Crippen molar-refractivity contribution in [1.29, 1.82) is 0 Å². The van der Waals surface area contributed by atoms with Crippen molar-refractivity contribution in [2.24, 2.45) is 0 Å². The van der Waals surface area contributed by atoms with Gasteiger partial charge in [0.1, 0.15) is 5.82 Å². The SMILES string of the molecule is COCCCC(=O)c1c(F)ccc(Br)c1F. The predicted octanol–water partition coefficient (Wildman–Crippen LogP) is 3.34. The lowest BCUT2D eigenvalue weighted by molar-refractivity contribution is 0.0955. The predicted molar refractivity (Wildman–Crippen MR) is 59.5 cm³/mol. The monoisotopic (exact) mass is 292 g/mol. The van der Waals surface area contributed by atoms with E-state index in [1.807, 2.05) is 0 Å². The summed E-state index contributed by atoms with van der Waals surface area (Å²) >= 11 is 2.91. The van der Waals surface area contributed by atoms with Crippen molar-refractivity contribution in [2.75, 3.05) is 13.7 Å². The number of rotatable bonds is 5. The lowest BCUT2D eigenvalue weighted by Crippen LogP contribution is -2.07. The van der Waals surface area contributed by atoms with Crippen LogP contribution in [0.15, 0.2) is 16.6 Å². The Bertz CT molecular complexity index is 394. The van der Waals surface area contributed by atoms with Crippen LogP contribution in [-0.4, -0.2) is 19.5 Å². The smallest absolute Gasteiger partial charge is 0.168 e. The standard InChI is InChI=1S/C11H11BrF2O2/c1-16-6-2-3-9(15)10-8(13)5-4-7(12)11(10)14/h4-5H,2-3,6H2,1H3. The van der Waals surface area contributed by atoms with Crippen LogP contribution in [0.2, 0.25) is 0 Å². The lowest BCUT2D eigenvalue weighted by Gasteiger charge is -2.05. The highest BCUT2D eigenvalue weighted by molar-refractivity contribution is 9.10. The molecule has 0 bridgehead atoms. The quantitative estimate of drug-likeness (QED) is 0.473. The zero-order valence-electron chi connectivity index (χ0n) is 8.73. The molecule has 2 nitrogen and oxygen atoms in total. The van der Waals surface area contributed by atoms with Crippen LogP contribution in [0.1, 0.15) is 23.2 Å². The molecule has 0 aliphatic heterocycles. The maximum atomic E-state index is 13.5. The Kier molecular flexibility index (Phi) is 5.02. The molecule has 0 atom stereocenters. The second-order valence-electron chi connectivity index (χ2n) is 3.24. The molecular weight excluding hydrogens is 282 g/mol. The van der Waals surface area contributed by atoms with E-state index in [4.69, 9.17) is 4.74 Å². The average Bonchev–Trinajstić information content (AvgIpc) is 2.24. The Morgan fingerprint density at radius 2 is 2.12 bits per heavy atom. The fraction of sp³-hybridized carbons (Fsp3) is 0.364. The van der Waals surface area contributed by atoms with Gasteiger partial charge in [0.25, 0.3) is 0 Å². The minimum atomic E-state index is -0.845. The van der Waals surface area contributed by atoms with Gasteiger partial charge in [0.15, 0.2) is 11.6 Å². The third-order valence-electron chi connectivity index (χ3n) is 2.08. The number of carbonyl (C=O) groups is 1. The highest BCUT2D eigenvalue weighted by Crippen LogP contribution is 2.23. The number of hydrogen-bond acceptors (Lipinski definition) is 2. The van der Waals surface area contributed by atoms with Crippen LogP contribution in [-0.2, 0) is 4.74 Å². The first kappa shape index (κ1) is 13.3. The van der Waals surface area contributed by atoms with E-state index >= 15 is 0 Å². The van der Waals surface area contributed by atoms with Gasteiger partial charge in [-0.15, -0.1) is 0 Å². The Morgan fingerprint density at radius 3 is 2.75 bits per heavy atom. The fourth-order valence-corrected chi connectivity index (χ4v) is 1.62. The largest absolute Gasteiger partial charge is 0.385 e. The summed E-state index contributed by atoms with van der Waals surface area (Å²) in [5, 5.41) is 0. The molecule has 16 heavy (non-hydrogen) atoms. The molecule has 0 N–H and O–H groups in total. The Hall–Kier alpha value is -0.810. The van der Waals surface area contributed by atoms with Crippen molar-refractivity contribution in [3.8, 4) is 0 Å². The van der Waals surface area contributed by atoms with Crippen LogP contribution in [0.5, 0.6) is 0 Å². The van der Waals surface area contributed by atoms with E-state index in [0.717, 1.165) is 6.07 Å². The Morgan fingerprint density at radius 1 is 1.44 bits per heavy atom. The van der Waals surface area contributed by atoms with Crippen LogP contribution < -0.4 is 0 Å². The summed E-state index contributed by atoms with van der Waals surface area (Å²) in [5.74, 6) is -2.22. The van der Waals surface area contributed by atoms with E-state index in [1.54, 1.807) is 0 Å². The van der Waals surface area contributed by atoms with E-state index in [1.165, 1.54) is 13.2 Å². The molecule has 0 saturated carbocycles. The zero-order valence-corrected chi connectivity index (χ0v) is 10.3. The van der Waals surface area contributed by atoms with Gasteiger partial charge < -0.3 is 4.74 Å². The number of carbonyl (C=O) groups excluding carboxylic acids is 1. The van der Waals surface area contributed by atoms with Gasteiger partial charge in [0.2, 0.25) is 0 Å². The molecule has 0 spiro atoms. The molecule has 0 fully saturated rings. The first-order valence-corrected chi connectivity index (χ1v) is 5.53. The van der Waals surface area contributed by atoms with Gasteiger partial charge >= 0.3 is 0 Å². The summed E-state index contributed by atoms with van der Waals surface area (Å²) in [4.78, 5) is 11.6. The molecule has 0 aliphatic carbocycles. The molecule has 1 aromatic rings. The van der Waals surface area contributed by atoms with Crippen molar-refractivity contribution in [3.05, 3.63) is 33.8 Å². The van der Waals surface area contributed by atoms with Crippen LogP contribution in [0.3, 0.4) is 0 Å². The summed E-state index contributed by atoms with van der Waals surface area (Å²) in [6, 6.07) is 2.30. The van der Waals surface area contributed by atoms with Crippen molar-refractivity contribution in [2.45, 2.75) is 12.8 Å². The van der Waals surface area contributed by atoms with Crippen LogP contribution in [0, 0.1) is 11.6 Å². The van der Waals surface area contributed by atoms with Gasteiger partial charge in [0.05, 0.1) is 10.0 Å². The fourth-order valence-electron chi connectivity index (χ4n) is 1.28. The second kappa shape index (κ2) is 6.06. The minimum absolute atomic E-state index is 0.0676. The Balaban J connectivity index is 2.86. The highest BCUT2D eigenvalue weighted by atomic mass is 79.9. The molecule has 5 heteroatoms. The molecule has 1 rings (SSSR count). The highest BCUT2D eigenvalue weighted by Gasteiger charge is 2.18. The zero-order chi connectivity index (χ0) is 12.1.